The van der Waals surface area contributed by atoms with Gasteiger partial charge in [0.05, 0.1) is 67.9 Å². The first-order chi connectivity index (χ1) is 33.6. The van der Waals surface area contributed by atoms with Gasteiger partial charge in [-0.2, -0.15) is 5.10 Å². The van der Waals surface area contributed by atoms with Crippen LogP contribution in [-0.4, -0.2) is 81.3 Å². The van der Waals surface area contributed by atoms with Crippen LogP contribution >= 0.6 is 11.3 Å². The maximum atomic E-state index is 12.8. The Morgan fingerprint density at radius 1 is 0.710 bits per heavy atom. The molecule has 2 fully saturated rings. The molecule has 0 saturated heterocycles. The molecule has 2 aromatic carbocycles. The number of rotatable bonds is 32. The smallest absolute Gasteiger partial charge is 0.333 e. The summed E-state index contributed by atoms with van der Waals surface area (Å²) in [6.45, 7) is 14.1. The molecule has 0 unspecified atom stereocenters. The summed E-state index contributed by atoms with van der Waals surface area (Å²) in [6.07, 6.45) is 21.4. The average molecular weight is 972 g/mol. The van der Waals surface area contributed by atoms with E-state index in [1.54, 1.807) is 18.3 Å². The molecule has 2 aliphatic carbocycles. The minimum Gasteiger partial charge on any atom is -0.493 e. The fraction of sp³-hybridized carbons (Fsp3) is 0.600. The molecule has 378 valence electrons. The molecule has 0 amide bonds. The number of para-hydroxylation sites is 1. The second-order valence-corrected chi connectivity index (χ2v) is 19.6. The topological polar surface area (TPSA) is 152 Å². The van der Waals surface area contributed by atoms with Gasteiger partial charge in [0.25, 0.3) is 0 Å². The van der Waals surface area contributed by atoms with Crippen molar-refractivity contribution in [2.45, 2.75) is 142 Å². The molecular weight excluding hydrogens is 895 g/mol. The van der Waals surface area contributed by atoms with Crippen LogP contribution in [0.1, 0.15) is 148 Å². The summed E-state index contributed by atoms with van der Waals surface area (Å²) >= 11 is 1.63. The maximum absolute atomic E-state index is 12.8. The number of hydrogen-bond donors (Lipinski definition) is 0. The fourth-order valence-corrected chi connectivity index (χ4v) is 9.53. The van der Waals surface area contributed by atoms with E-state index in [0.29, 0.717) is 75.6 Å². The monoisotopic (exact) mass is 972 g/mol. The van der Waals surface area contributed by atoms with Crippen LogP contribution in [0, 0.1) is 23.7 Å². The van der Waals surface area contributed by atoms with Crippen LogP contribution in [0.5, 0.6) is 11.5 Å². The number of nitrogens with zero attached hydrogens (tertiary/aromatic N) is 3. The lowest BCUT2D eigenvalue weighted by atomic mass is 9.82. The number of carbonyl (C=O) groups is 4. The minimum absolute atomic E-state index is 0.0272. The zero-order chi connectivity index (χ0) is 49.1. The standard InChI is InChI=1S/C55H77N3O10S/c1-5-7-33-65-53(61)44-26-22-42(23-27-44)39-67-47-30-31-49(68-40-43-24-28-45(29-25-43)54(62)66-36-19-18-34-63-51(59)6-2)46(37-47)38-56-58(55-57-48-20-14-15-21-50(48)69-55)32-16-12-10-8-9-11-13-17-35-64-52(60)41(3)4/h6,14-15,20-21,30-31,37-38,42-45H,2-3,5,7-13,16-19,22-29,32-36,39-40H2,1,4H3/b56-38+. The van der Waals surface area contributed by atoms with E-state index in [1.807, 2.05) is 47.6 Å². The van der Waals surface area contributed by atoms with Gasteiger partial charge in [-0.05, 0) is 133 Å². The lowest BCUT2D eigenvalue weighted by Gasteiger charge is -2.28. The van der Waals surface area contributed by atoms with Gasteiger partial charge in [-0.25, -0.2) is 19.6 Å². The second-order valence-electron chi connectivity index (χ2n) is 18.6. The zero-order valence-corrected chi connectivity index (χ0v) is 42.2. The number of hydrogen-bond acceptors (Lipinski definition) is 14. The van der Waals surface area contributed by atoms with Crippen molar-refractivity contribution in [1.82, 2.24) is 4.98 Å². The van der Waals surface area contributed by atoms with Crippen molar-refractivity contribution in [3.8, 4) is 11.5 Å². The van der Waals surface area contributed by atoms with Gasteiger partial charge in [-0.15, -0.1) is 0 Å². The van der Waals surface area contributed by atoms with Crippen molar-refractivity contribution in [3.63, 3.8) is 0 Å². The number of ether oxygens (including phenoxy) is 6. The molecule has 0 N–H and O–H groups in total. The number of esters is 4. The van der Waals surface area contributed by atoms with E-state index >= 15 is 0 Å². The summed E-state index contributed by atoms with van der Waals surface area (Å²) < 4.78 is 35.4. The average Bonchev–Trinajstić information content (AvgIpc) is 3.81. The highest BCUT2D eigenvalue weighted by atomic mass is 32.1. The van der Waals surface area contributed by atoms with Crippen LogP contribution in [0.4, 0.5) is 5.13 Å². The van der Waals surface area contributed by atoms with E-state index in [9.17, 15) is 19.2 Å². The third-order valence-corrected chi connectivity index (χ3v) is 14.0. The summed E-state index contributed by atoms with van der Waals surface area (Å²) in [7, 11) is 0. The fourth-order valence-electron chi connectivity index (χ4n) is 8.58. The molecule has 0 atom stereocenters. The minimum atomic E-state index is -0.449. The Morgan fingerprint density at radius 2 is 1.28 bits per heavy atom. The number of carbonyl (C=O) groups excluding carboxylic acids is 4. The largest absolute Gasteiger partial charge is 0.493 e. The van der Waals surface area contributed by atoms with Crippen LogP contribution in [0.3, 0.4) is 0 Å². The van der Waals surface area contributed by atoms with Crippen LogP contribution in [0.25, 0.3) is 10.2 Å². The van der Waals surface area contributed by atoms with Crippen molar-refractivity contribution in [2.75, 3.05) is 51.2 Å². The third kappa shape index (κ3) is 20.0. The molecule has 2 saturated carbocycles. The quantitative estimate of drug-likeness (QED) is 0.0146. The second kappa shape index (κ2) is 31.1. The number of anilines is 1. The van der Waals surface area contributed by atoms with Gasteiger partial charge < -0.3 is 28.4 Å². The summed E-state index contributed by atoms with van der Waals surface area (Å²) in [5, 5.41) is 7.95. The first-order valence-corrected chi connectivity index (χ1v) is 26.5. The molecular formula is C55H77N3O10S. The van der Waals surface area contributed by atoms with E-state index in [2.05, 4.69) is 26.1 Å². The lowest BCUT2D eigenvalue weighted by molar-refractivity contribution is -0.151. The van der Waals surface area contributed by atoms with E-state index < -0.39 is 5.97 Å². The highest BCUT2D eigenvalue weighted by molar-refractivity contribution is 7.22. The number of hydrazone groups is 1. The Hall–Kier alpha value is -5.24. The normalized spacial score (nSPS) is 18.1. The van der Waals surface area contributed by atoms with Crippen molar-refractivity contribution in [3.05, 3.63) is 72.8 Å². The molecule has 2 aliphatic rings. The summed E-state index contributed by atoms with van der Waals surface area (Å²) in [5.41, 5.74) is 2.19. The van der Waals surface area contributed by atoms with E-state index in [4.69, 9.17) is 38.5 Å². The van der Waals surface area contributed by atoms with Crippen molar-refractivity contribution in [2.24, 2.45) is 28.8 Å². The van der Waals surface area contributed by atoms with Gasteiger partial charge >= 0.3 is 23.9 Å². The van der Waals surface area contributed by atoms with Gasteiger partial charge in [0.1, 0.15) is 11.5 Å². The highest BCUT2D eigenvalue weighted by Crippen LogP contribution is 2.34. The van der Waals surface area contributed by atoms with Crippen molar-refractivity contribution < 1.29 is 47.6 Å². The number of fused-ring (bicyclic) bond motifs is 1. The molecule has 1 heterocycles. The van der Waals surface area contributed by atoms with Gasteiger partial charge in [-0.1, -0.05) is 88.5 Å². The van der Waals surface area contributed by atoms with Crippen molar-refractivity contribution >= 4 is 56.8 Å². The van der Waals surface area contributed by atoms with Crippen LogP contribution in [0.2, 0.25) is 0 Å². The molecule has 0 spiro atoms. The van der Waals surface area contributed by atoms with Gasteiger partial charge in [-0.3, -0.25) is 9.59 Å². The van der Waals surface area contributed by atoms with E-state index in [-0.39, 0.29) is 36.4 Å². The predicted molar refractivity (Wildman–Crippen MR) is 273 cm³/mol. The number of thiazole rings is 1. The summed E-state index contributed by atoms with van der Waals surface area (Å²) in [6, 6.07) is 14.1. The number of aromatic nitrogens is 1. The van der Waals surface area contributed by atoms with Gasteiger partial charge in [0.15, 0.2) is 0 Å². The SMILES string of the molecule is C=CC(=O)OCCCCOC(=O)C1CCC(COc2ccc(OCC3CCC(C(=O)OCCCC)CC3)cc2/C=N/N(CCCCCCCCCCOC(=O)C(=C)C)c2nc3ccccc3s2)CC1. The lowest BCUT2D eigenvalue weighted by Crippen LogP contribution is -2.26. The Morgan fingerprint density at radius 3 is 1.90 bits per heavy atom. The first kappa shape index (κ1) is 54.7. The highest BCUT2D eigenvalue weighted by Gasteiger charge is 2.29. The molecule has 0 bridgehead atoms. The molecule has 1 aromatic heterocycles. The molecule has 0 radical (unpaired) electrons. The molecule has 69 heavy (non-hydrogen) atoms. The number of unbranched alkanes of at least 4 members (excludes halogenated alkanes) is 9. The Kier molecular flexibility index (Phi) is 24.6. The Bertz CT molecular complexity index is 2050. The molecule has 5 rings (SSSR count). The van der Waals surface area contributed by atoms with E-state index in [0.717, 1.165) is 148 Å². The summed E-state index contributed by atoms with van der Waals surface area (Å²) in [4.78, 5) is 53.3. The maximum Gasteiger partial charge on any atom is 0.333 e. The zero-order valence-electron chi connectivity index (χ0n) is 41.3. The molecule has 3 aromatic rings. The summed E-state index contributed by atoms with van der Waals surface area (Å²) in [5.74, 6) is 0.960. The van der Waals surface area contributed by atoms with Crippen molar-refractivity contribution in [1.29, 1.82) is 0 Å². The molecule has 13 nitrogen and oxygen atoms in total. The Balaban J connectivity index is 1.18. The third-order valence-electron chi connectivity index (χ3n) is 12.9. The van der Waals surface area contributed by atoms with Crippen LogP contribution < -0.4 is 14.5 Å². The molecule has 0 aliphatic heterocycles. The van der Waals surface area contributed by atoms with Gasteiger partial charge in [0.2, 0.25) is 5.13 Å². The molecule has 14 heteroatoms. The van der Waals surface area contributed by atoms with Crippen LogP contribution in [0.15, 0.2) is 72.4 Å². The Labute approximate surface area is 414 Å². The van der Waals surface area contributed by atoms with Crippen LogP contribution in [-0.2, 0) is 38.1 Å². The first-order valence-electron chi connectivity index (χ1n) is 25.6. The van der Waals surface area contributed by atoms with Gasteiger partial charge in [0, 0.05) is 23.8 Å². The van der Waals surface area contributed by atoms with E-state index in [1.165, 1.54) is 0 Å². The number of benzene rings is 2. The predicted octanol–water partition coefficient (Wildman–Crippen LogP) is 12.1.